The lowest BCUT2D eigenvalue weighted by atomic mass is 10.1. The monoisotopic (exact) mass is 172 g/mol. The molecule has 0 heterocycles. The van der Waals surface area contributed by atoms with Crippen LogP contribution in [0.5, 0.6) is 0 Å². The van der Waals surface area contributed by atoms with Gasteiger partial charge < -0.3 is 0 Å². The lowest BCUT2D eigenvalue weighted by molar-refractivity contribution is 1.39. The molecule has 0 aliphatic carbocycles. The summed E-state index contributed by atoms with van der Waals surface area (Å²) in [6.45, 7) is 6.33. The Kier molecular flexibility index (Phi) is 3.51. The third kappa shape index (κ3) is 3.29. The predicted octanol–water partition coefficient (Wildman–Crippen LogP) is 3.97. The number of hydrogen-bond acceptors (Lipinski definition) is 0. The molecule has 1 aromatic carbocycles. The minimum absolute atomic E-state index is 1.29. The van der Waals surface area contributed by atoms with Gasteiger partial charge in [-0.1, -0.05) is 48.1 Å². The van der Waals surface area contributed by atoms with E-state index in [-0.39, 0.29) is 0 Å². The van der Waals surface area contributed by atoms with Crippen molar-refractivity contribution in [1.82, 2.24) is 0 Å². The smallest absolute Gasteiger partial charge is 0.0227 e. The molecule has 68 valence electrons. The maximum Gasteiger partial charge on any atom is -0.0227 e. The van der Waals surface area contributed by atoms with E-state index in [9.17, 15) is 0 Å². The van der Waals surface area contributed by atoms with Crippen molar-refractivity contribution in [2.24, 2.45) is 0 Å². The summed E-state index contributed by atoms with van der Waals surface area (Å²) in [5.41, 5.74) is 3.94. The minimum atomic E-state index is 1.29. The van der Waals surface area contributed by atoms with Crippen LogP contribution >= 0.6 is 0 Å². The highest BCUT2D eigenvalue weighted by molar-refractivity contribution is 5.54. The molecule has 0 atom stereocenters. The molecule has 0 unspecified atom stereocenters. The minimum Gasteiger partial charge on any atom is -0.0764 e. The van der Waals surface area contributed by atoms with Crippen LogP contribution in [0.2, 0.25) is 0 Å². The molecule has 1 aromatic rings. The zero-order valence-electron chi connectivity index (χ0n) is 8.54. The maximum atomic E-state index is 2.14. The van der Waals surface area contributed by atoms with Gasteiger partial charge in [-0.25, -0.2) is 0 Å². The molecule has 0 aliphatic heterocycles. The summed E-state index contributed by atoms with van der Waals surface area (Å²) in [6, 6.07) is 8.38. The molecular weight excluding hydrogens is 156 g/mol. The number of rotatable bonds is 2. The van der Waals surface area contributed by atoms with Gasteiger partial charge in [0.1, 0.15) is 0 Å². The van der Waals surface area contributed by atoms with E-state index in [1.54, 1.807) is 0 Å². The SMILES string of the molecule is CC(C)=CC=Cc1ccccc1C. The standard InChI is InChI=1S/C13H16/c1-11(2)7-6-10-13-9-5-4-8-12(13)3/h4-10H,1-3H3. The van der Waals surface area contributed by atoms with E-state index in [4.69, 9.17) is 0 Å². The Morgan fingerprint density at radius 3 is 2.46 bits per heavy atom. The molecule has 0 aliphatic rings. The molecule has 13 heavy (non-hydrogen) atoms. The van der Waals surface area contributed by atoms with Crippen LogP contribution in [0.15, 0.2) is 42.0 Å². The Hall–Kier alpha value is -1.30. The topological polar surface area (TPSA) is 0 Å². The summed E-state index contributed by atoms with van der Waals surface area (Å²) in [6.07, 6.45) is 6.35. The number of allylic oxidation sites excluding steroid dienone is 3. The summed E-state index contributed by atoms with van der Waals surface area (Å²) in [4.78, 5) is 0. The first-order valence-corrected chi connectivity index (χ1v) is 4.57. The average molecular weight is 172 g/mol. The van der Waals surface area contributed by atoms with Crippen LogP contribution in [0.3, 0.4) is 0 Å². The summed E-state index contributed by atoms with van der Waals surface area (Å²) in [5, 5.41) is 0. The fraction of sp³-hybridized carbons (Fsp3) is 0.231. The van der Waals surface area contributed by atoms with Crippen molar-refractivity contribution in [3.05, 3.63) is 53.1 Å². The molecule has 1 rings (SSSR count). The van der Waals surface area contributed by atoms with Crippen LogP contribution in [0.25, 0.3) is 6.08 Å². The highest BCUT2D eigenvalue weighted by Gasteiger charge is 1.88. The van der Waals surface area contributed by atoms with Gasteiger partial charge in [-0.15, -0.1) is 0 Å². The lowest BCUT2D eigenvalue weighted by Crippen LogP contribution is -1.77. The van der Waals surface area contributed by atoms with Gasteiger partial charge in [0.15, 0.2) is 0 Å². The van der Waals surface area contributed by atoms with Crippen LogP contribution in [0.1, 0.15) is 25.0 Å². The van der Waals surface area contributed by atoms with Gasteiger partial charge in [0.2, 0.25) is 0 Å². The lowest BCUT2D eigenvalue weighted by Gasteiger charge is -1.96. The molecule has 0 spiro atoms. The second kappa shape index (κ2) is 4.66. The van der Waals surface area contributed by atoms with Crippen LogP contribution < -0.4 is 0 Å². The van der Waals surface area contributed by atoms with Crippen LogP contribution in [0, 0.1) is 6.92 Å². The van der Waals surface area contributed by atoms with Gasteiger partial charge >= 0.3 is 0 Å². The first kappa shape index (κ1) is 9.79. The van der Waals surface area contributed by atoms with Crippen LogP contribution in [-0.4, -0.2) is 0 Å². The molecule has 0 aromatic heterocycles. The first-order valence-electron chi connectivity index (χ1n) is 4.57. The molecule has 0 nitrogen and oxygen atoms in total. The number of benzene rings is 1. The second-order valence-electron chi connectivity index (χ2n) is 3.46. The van der Waals surface area contributed by atoms with E-state index < -0.39 is 0 Å². The molecule has 0 fully saturated rings. The summed E-state index contributed by atoms with van der Waals surface area (Å²) in [7, 11) is 0. The van der Waals surface area contributed by atoms with E-state index in [0.717, 1.165) is 0 Å². The zero-order valence-corrected chi connectivity index (χ0v) is 8.54. The van der Waals surface area contributed by atoms with Crippen LogP contribution in [0.4, 0.5) is 0 Å². The largest absolute Gasteiger partial charge is 0.0764 e. The van der Waals surface area contributed by atoms with Crippen molar-refractivity contribution < 1.29 is 0 Å². The van der Waals surface area contributed by atoms with Crippen LogP contribution in [-0.2, 0) is 0 Å². The van der Waals surface area contributed by atoms with E-state index in [0.29, 0.717) is 0 Å². The highest BCUT2D eigenvalue weighted by atomic mass is 13.9. The Balaban J connectivity index is 2.80. The molecule has 0 radical (unpaired) electrons. The van der Waals surface area contributed by atoms with E-state index in [2.05, 4.69) is 63.3 Å². The summed E-state index contributed by atoms with van der Waals surface area (Å²) >= 11 is 0. The van der Waals surface area contributed by atoms with Crippen molar-refractivity contribution in [2.75, 3.05) is 0 Å². The third-order valence-corrected chi connectivity index (χ3v) is 1.89. The average Bonchev–Trinajstić information content (AvgIpc) is 2.08. The number of hydrogen-bond donors (Lipinski definition) is 0. The maximum absolute atomic E-state index is 2.14. The Morgan fingerprint density at radius 1 is 1.15 bits per heavy atom. The molecule has 0 bridgehead atoms. The fourth-order valence-corrected chi connectivity index (χ4v) is 1.12. The van der Waals surface area contributed by atoms with Crippen molar-refractivity contribution in [3.63, 3.8) is 0 Å². The van der Waals surface area contributed by atoms with Crippen molar-refractivity contribution in [3.8, 4) is 0 Å². The van der Waals surface area contributed by atoms with Gasteiger partial charge in [-0.2, -0.15) is 0 Å². The molecule has 0 heteroatoms. The Labute approximate surface area is 80.6 Å². The van der Waals surface area contributed by atoms with Gasteiger partial charge in [0, 0.05) is 0 Å². The van der Waals surface area contributed by atoms with Crippen molar-refractivity contribution >= 4 is 6.08 Å². The Morgan fingerprint density at radius 2 is 1.85 bits per heavy atom. The number of aryl methyl sites for hydroxylation is 1. The zero-order chi connectivity index (χ0) is 9.68. The molecular formula is C13H16. The van der Waals surface area contributed by atoms with Gasteiger partial charge in [-0.3, -0.25) is 0 Å². The highest BCUT2D eigenvalue weighted by Crippen LogP contribution is 2.08. The van der Waals surface area contributed by atoms with E-state index >= 15 is 0 Å². The fourth-order valence-electron chi connectivity index (χ4n) is 1.12. The Bertz CT molecular complexity index is 326. The van der Waals surface area contributed by atoms with Gasteiger partial charge in [0.05, 0.1) is 0 Å². The van der Waals surface area contributed by atoms with Crippen molar-refractivity contribution in [2.45, 2.75) is 20.8 Å². The molecule has 0 amide bonds. The summed E-state index contributed by atoms with van der Waals surface area (Å²) in [5.74, 6) is 0. The molecule has 0 saturated carbocycles. The first-order chi connectivity index (χ1) is 6.20. The molecule has 0 N–H and O–H groups in total. The van der Waals surface area contributed by atoms with Gasteiger partial charge in [0.25, 0.3) is 0 Å². The third-order valence-electron chi connectivity index (χ3n) is 1.89. The molecule has 0 saturated heterocycles. The van der Waals surface area contributed by atoms with E-state index in [1.165, 1.54) is 16.7 Å². The van der Waals surface area contributed by atoms with Crippen molar-refractivity contribution in [1.29, 1.82) is 0 Å². The quantitative estimate of drug-likeness (QED) is 0.592. The van der Waals surface area contributed by atoms with Gasteiger partial charge in [-0.05, 0) is 31.9 Å². The normalized spacial score (nSPS) is 10.4. The predicted molar refractivity (Wildman–Crippen MR) is 59.6 cm³/mol. The second-order valence-corrected chi connectivity index (χ2v) is 3.46. The van der Waals surface area contributed by atoms with E-state index in [1.807, 2.05) is 0 Å². The summed E-state index contributed by atoms with van der Waals surface area (Å²) < 4.78 is 0.